The molecule has 3 rings (SSSR count). The Bertz CT molecular complexity index is 904. The van der Waals surface area contributed by atoms with Crippen molar-refractivity contribution in [1.82, 2.24) is 4.98 Å². The number of unbranched alkanes of at least 4 members (excludes halogenated alkanes) is 1. The number of aryl methyl sites for hydroxylation is 1. The topological polar surface area (TPSA) is 79.1 Å². The second kappa shape index (κ2) is 7.27. The summed E-state index contributed by atoms with van der Waals surface area (Å²) >= 11 is 11.4. The summed E-state index contributed by atoms with van der Waals surface area (Å²) in [5.41, 5.74) is 8.49. The number of aromatic nitrogens is 1. The molecule has 0 radical (unpaired) electrons. The Hall–Kier alpha value is -1.34. The highest BCUT2D eigenvalue weighted by molar-refractivity contribution is 9.11. The molecule has 1 aromatic carbocycles. The Morgan fingerprint density at radius 2 is 2.08 bits per heavy atom. The molecule has 2 aromatic heterocycles. The third-order valence-electron chi connectivity index (χ3n) is 3.94. The molecule has 0 saturated carbocycles. The van der Waals surface area contributed by atoms with Crippen molar-refractivity contribution in [3.63, 3.8) is 0 Å². The van der Waals surface area contributed by atoms with E-state index in [1.165, 1.54) is 0 Å². The maximum atomic E-state index is 11.7. The van der Waals surface area contributed by atoms with Crippen LogP contribution in [0.5, 0.6) is 0 Å². The zero-order valence-electron chi connectivity index (χ0n) is 12.7. The minimum Gasteiger partial charge on any atom is -0.478 e. The molecule has 0 saturated heterocycles. The van der Waals surface area contributed by atoms with Gasteiger partial charge in [-0.05, 0) is 71.6 Å². The molecule has 0 unspecified atom stereocenters. The van der Waals surface area contributed by atoms with Crippen molar-refractivity contribution in [2.75, 3.05) is 6.54 Å². The Balaban J connectivity index is 2.26. The van der Waals surface area contributed by atoms with E-state index in [0.29, 0.717) is 22.5 Å². The van der Waals surface area contributed by atoms with Crippen LogP contribution in [0.1, 0.15) is 28.8 Å². The number of thiophene rings is 1. The van der Waals surface area contributed by atoms with Crippen LogP contribution in [-0.2, 0) is 6.42 Å². The first-order valence-corrected chi connectivity index (χ1v) is 9.53. The number of benzene rings is 1. The van der Waals surface area contributed by atoms with Gasteiger partial charge in [-0.2, -0.15) is 0 Å². The predicted molar refractivity (Wildman–Crippen MR) is 103 cm³/mol. The number of aromatic amines is 1. The van der Waals surface area contributed by atoms with Crippen LogP contribution in [0.4, 0.5) is 0 Å². The number of H-pyrrole nitrogens is 1. The van der Waals surface area contributed by atoms with Gasteiger partial charge in [0.1, 0.15) is 0 Å². The molecular weight excluding hydrogens is 412 g/mol. The van der Waals surface area contributed by atoms with E-state index in [1.54, 1.807) is 23.5 Å². The Morgan fingerprint density at radius 3 is 2.71 bits per heavy atom. The lowest BCUT2D eigenvalue weighted by molar-refractivity contribution is 0.0699. The number of fused-ring (bicyclic) bond motifs is 1. The number of carbonyl (C=O) groups is 1. The molecular formula is C17H16BrClN2O2S. The lowest BCUT2D eigenvalue weighted by atomic mass is 9.99. The molecule has 0 bridgehead atoms. The normalized spacial score (nSPS) is 11.3. The van der Waals surface area contributed by atoms with Crippen molar-refractivity contribution in [1.29, 1.82) is 0 Å². The van der Waals surface area contributed by atoms with E-state index in [0.717, 1.165) is 39.2 Å². The van der Waals surface area contributed by atoms with Crippen LogP contribution in [0.25, 0.3) is 21.5 Å². The van der Waals surface area contributed by atoms with Gasteiger partial charge in [0.2, 0.25) is 0 Å². The molecule has 0 fully saturated rings. The lowest BCUT2D eigenvalue weighted by Gasteiger charge is -2.05. The van der Waals surface area contributed by atoms with Gasteiger partial charge in [0, 0.05) is 5.39 Å². The number of rotatable bonds is 6. The first-order valence-electron chi connectivity index (χ1n) is 7.55. The summed E-state index contributed by atoms with van der Waals surface area (Å²) in [4.78, 5) is 16.1. The highest BCUT2D eigenvalue weighted by Crippen LogP contribution is 2.40. The summed E-state index contributed by atoms with van der Waals surface area (Å²) in [6, 6.07) is 7.19. The van der Waals surface area contributed by atoms with Crippen molar-refractivity contribution >= 4 is 55.7 Å². The molecule has 0 aliphatic carbocycles. The van der Waals surface area contributed by atoms with E-state index in [9.17, 15) is 9.90 Å². The maximum absolute atomic E-state index is 11.7. The zero-order chi connectivity index (χ0) is 17.3. The molecule has 7 heteroatoms. The molecule has 0 spiro atoms. The third kappa shape index (κ3) is 3.24. The smallest absolute Gasteiger partial charge is 0.336 e. The van der Waals surface area contributed by atoms with Crippen LogP contribution in [-0.4, -0.2) is 22.6 Å². The quantitative estimate of drug-likeness (QED) is 0.467. The van der Waals surface area contributed by atoms with Crippen LogP contribution in [0.15, 0.2) is 28.1 Å². The average Bonchev–Trinajstić information content (AvgIpc) is 3.12. The molecule has 0 aliphatic heterocycles. The number of halogens is 2. The molecule has 0 atom stereocenters. The monoisotopic (exact) mass is 426 g/mol. The minimum atomic E-state index is -0.949. The minimum absolute atomic E-state index is 0.273. The van der Waals surface area contributed by atoms with Crippen LogP contribution in [0.2, 0.25) is 5.02 Å². The summed E-state index contributed by atoms with van der Waals surface area (Å²) in [5.74, 6) is -0.949. The Kier molecular flexibility index (Phi) is 5.30. The molecule has 2 heterocycles. The fourth-order valence-electron chi connectivity index (χ4n) is 2.87. The average molecular weight is 428 g/mol. The van der Waals surface area contributed by atoms with Crippen molar-refractivity contribution in [3.8, 4) is 10.6 Å². The number of carboxylic acid groups (broad SMARTS) is 1. The van der Waals surface area contributed by atoms with E-state index in [1.807, 2.05) is 12.1 Å². The van der Waals surface area contributed by atoms with E-state index in [4.69, 9.17) is 17.3 Å². The second-order valence-electron chi connectivity index (χ2n) is 5.48. The molecule has 3 aromatic rings. The second-order valence-corrected chi connectivity index (χ2v) is 8.35. The van der Waals surface area contributed by atoms with Crippen LogP contribution in [0.3, 0.4) is 0 Å². The van der Waals surface area contributed by atoms with Gasteiger partial charge in [0.25, 0.3) is 0 Å². The molecule has 126 valence electrons. The molecule has 4 nitrogen and oxygen atoms in total. The Labute approximate surface area is 156 Å². The number of nitrogens with one attached hydrogen (secondary N) is 1. The van der Waals surface area contributed by atoms with Gasteiger partial charge in [-0.15, -0.1) is 11.3 Å². The van der Waals surface area contributed by atoms with Gasteiger partial charge < -0.3 is 15.8 Å². The highest BCUT2D eigenvalue weighted by Gasteiger charge is 2.21. The summed E-state index contributed by atoms with van der Waals surface area (Å²) in [7, 11) is 0. The summed E-state index contributed by atoms with van der Waals surface area (Å²) in [5, 5.41) is 10.8. The van der Waals surface area contributed by atoms with Crippen LogP contribution >= 0.6 is 38.9 Å². The van der Waals surface area contributed by atoms with Crippen molar-refractivity contribution < 1.29 is 9.90 Å². The largest absolute Gasteiger partial charge is 0.478 e. The predicted octanol–water partition coefficient (Wildman–Crippen LogP) is 5.29. The van der Waals surface area contributed by atoms with E-state index in [-0.39, 0.29) is 5.56 Å². The van der Waals surface area contributed by atoms with Gasteiger partial charge in [-0.25, -0.2) is 4.79 Å². The van der Waals surface area contributed by atoms with Crippen LogP contribution < -0.4 is 5.73 Å². The molecule has 0 aliphatic rings. The van der Waals surface area contributed by atoms with E-state index < -0.39 is 5.97 Å². The Morgan fingerprint density at radius 1 is 1.29 bits per heavy atom. The highest BCUT2D eigenvalue weighted by atomic mass is 79.9. The zero-order valence-corrected chi connectivity index (χ0v) is 15.9. The molecule has 0 amide bonds. The first-order chi connectivity index (χ1) is 11.5. The first kappa shape index (κ1) is 17.5. The van der Waals surface area contributed by atoms with Crippen molar-refractivity contribution in [3.05, 3.63) is 44.2 Å². The van der Waals surface area contributed by atoms with Gasteiger partial charge >= 0.3 is 5.97 Å². The van der Waals surface area contributed by atoms with Crippen molar-refractivity contribution in [2.24, 2.45) is 5.73 Å². The summed E-state index contributed by atoms with van der Waals surface area (Å²) in [6.07, 6.45) is 2.54. The van der Waals surface area contributed by atoms with E-state index in [2.05, 4.69) is 20.9 Å². The van der Waals surface area contributed by atoms with Gasteiger partial charge in [0.05, 0.1) is 30.5 Å². The SMILES string of the molecule is NCCCCc1c(-c2ccc(Br)s2)[nH]c2c(Cl)ccc(C(=O)O)c12. The number of hydrogen-bond acceptors (Lipinski definition) is 3. The van der Waals surface area contributed by atoms with Gasteiger partial charge in [-0.1, -0.05) is 11.6 Å². The van der Waals surface area contributed by atoms with Gasteiger partial charge in [0.15, 0.2) is 0 Å². The number of nitrogens with two attached hydrogens (primary N) is 1. The molecule has 4 N–H and O–H groups in total. The third-order valence-corrected chi connectivity index (χ3v) is 5.90. The fourth-order valence-corrected chi connectivity index (χ4v) is 4.49. The molecule has 24 heavy (non-hydrogen) atoms. The summed E-state index contributed by atoms with van der Waals surface area (Å²) in [6.45, 7) is 0.620. The number of aromatic carboxylic acids is 1. The van der Waals surface area contributed by atoms with Crippen molar-refractivity contribution in [2.45, 2.75) is 19.3 Å². The van der Waals surface area contributed by atoms with E-state index >= 15 is 0 Å². The lowest BCUT2D eigenvalue weighted by Crippen LogP contribution is -2.01. The number of hydrogen-bond donors (Lipinski definition) is 3. The van der Waals surface area contributed by atoms with Gasteiger partial charge in [-0.3, -0.25) is 0 Å². The standard InChI is InChI=1S/C17H16BrClN2O2S/c18-13-7-6-12(24-13)15-9(3-1-2-8-20)14-10(17(22)23)4-5-11(19)16(14)21-15/h4-7,21H,1-3,8,20H2,(H,22,23). The maximum Gasteiger partial charge on any atom is 0.336 e. The van der Waals surface area contributed by atoms with Crippen LogP contribution in [0, 0.1) is 0 Å². The number of carboxylic acids is 1. The fraction of sp³-hybridized carbons (Fsp3) is 0.235. The summed E-state index contributed by atoms with van der Waals surface area (Å²) < 4.78 is 1.02.